The average Bonchev–Trinajstić information content (AvgIpc) is 3.09. The highest BCUT2D eigenvalue weighted by Crippen LogP contribution is 2.45. The Labute approximate surface area is 129 Å². The van der Waals surface area contributed by atoms with E-state index < -0.39 is 0 Å². The zero-order valence-electron chi connectivity index (χ0n) is 12.4. The highest BCUT2D eigenvalue weighted by molar-refractivity contribution is 5.99. The summed E-state index contributed by atoms with van der Waals surface area (Å²) in [6.07, 6.45) is 4.29. The highest BCUT2D eigenvalue weighted by atomic mass is 16.5. The molecule has 1 saturated carbocycles. The van der Waals surface area contributed by atoms with Crippen molar-refractivity contribution in [3.63, 3.8) is 0 Å². The number of hydrogen-bond donors (Lipinski definition) is 2. The lowest BCUT2D eigenvalue weighted by molar-refractivity contribution is -0.111. The summed E-state index contributed by atoms with van der Waals surface area (Å²) in [4.78, 5) is 23.6. The Kier molecular flexibility index (Phi) is 3.98. The molecule has 1 aliphatic carbocycles. The first kappa shape index (κ1) is 14.8. The fourth-order valence-corrected chi connectivity index (χ4v) is 2.94. The van der Waals surface area contributed by atoms with Gasteiger partial charge >= 0.3 is 0 Å². The first-order valence-electron chi connectivity index (χ1n) is 7.57. The van der Waals surface area contributed by atoms with Crippen molar-refractivity contribution in [2.24, 2.45) is 5.92 Å². The molecule has 1 aromatic carbocycles. The van der Waals surface area contributed by atoms with Crippen molar-refractivity contribution < 1.29 is 14.3 Å². The van der Waals surface area contributed by atoms with Crippen molar-refractivity contribution in [2.45, 2.75) is 24.8 Å². The molecule has 1 atom stereocenters. The van der Waals surface area contributed by atoms with Gasteiger partial charge in [-0.1, -0.05) is 6.58 Å². The van der Waals surface area contributed by atoms with E-state index in [-0.39, 0.29) is 17.4 Å². The Bertz CT molecular complexity index is 584. The molecule has 2 amide bonds. The third-order valence-electron chi connectivity index (χ3n) is 4.46. The average molecular weight is 300 g/mol. The zero-order valence-corrected chi connectivity index (χ0v) is 12.4. The van der Waals surface area contributed by atoms with Gasteiger partial charge in [0.15, 0.2) is 0 Å². The molecule has 5 nitrogen and oxygen atoms in total. The Morgan fingerprint density at radius 1 is 1.27 bits per heavy atom. The van der Waals surface area contributed by atoms with Gasteiger partial charge in [-0.2, -0.15) is 0 Å². The maximum Gasteiger partial charge on any atom is 0.251 e. The molecule has 0 bridgehead atoms. The third kappa shape index (κ3) is 3.04. The summed E-state index contributed by atoms with van der Waals surface area (Å²) in [6, 6.07) is 6.87. The molecule has 1 unspecified atom stereocenters. The van der Waals surface area contributed by atoms with Crippen molar-refractivity contribution in [3.8, 4) is 0 Å². The molecular formula is C17H20N2O3. The van der Waals surface area contributed by atoms with Crippen LogP contribution in [0.5, 0.6) is 0 Å². The molecule has 1 saturated heterocycles. The second-order valence-electron chi connectivity index (χ2n) is 5.94. The highest BCUT2D eigenvalue weighted by Gasteiger charge is 2.51. The Hall–Kier alpha value is -2.14. The van der Waals surface area contributed by atoms with Crippen molar-refractivity contribution in [3.05, 3.63) is 42.5 Å². The van der Waals surface area contributed by atoms with E-state index in [4.69, 9.17) is 4.74 Å². The third-order valence-corrected chi connectivity index (χ3v) is 4.46. The van der Waals surface area contributed by atoms with Crippen molar-refractivity contribution >= 4 is 17.5 Å². The number of benzene rings is 1. The molecule has 0 radical (unpaired) electrons. The van der Waals surface area contributed by atoms with Crippen LogP contribution < -0.4 is 10.6 Å². The second kappa shape index (κ2) is 5.93. The lowest BCUT2D eigenvalue weighted by Crippen LogP contribution is -2.42. The number of anilines is 1. The quantitative estimate of drug-likeness (QED) is 0.818. The van der Waals surface area contributed by atoms with E-state index in [0.717, 1.165) is 32.5 Å². The van der Waals surface area contributed by atoms with E-state index in [1.165, 1.54) is 6.08 Å². The summed E-state index contributed by atoms with van der Waals surface area (Å²) in [6.45, 7) is 4.94. The summed E-state index contributed by atoms with van der Waals surface area (Å²) in [5, 5.41) is 5.83. The SMILES string of the molecule is C=CC(=O)Nc1ccc(C(=O)NC2(C3CCOC3)CC2)cc1. The fraction of sp³-hybridized carbons (Fsp3) is 0.412. The summed E-state index contributed by atoms with van der Waals surface area (Å²) in [5.74, 6) is 0.101. The van der Waals surface area contributed by atoms with Gasteiger partial charge in [-0.15, -0.1) is 0 Å². The summed E-state index contributed by atoms with van der Waals surface area (Å²) in [7, 11) is 0. The van der Waals surface area contributed by atoms with Crippen LogP contribution in [0.15, 0.2) is 36.9 Å². The number of hydrogen-bond acceptors (Lipinski definition) is 3. The van der Waals surface area contributed by atoms with Gasteiger partial charge in [-0.05, 0) is 49.6 Å². The van der Waals surface area contributed by atoms with Crippen molar-refractivity contribution in [1.82, 2.24) is 5.32 Å². The van der Waals surface area contributed by atoms with E-state index in [1.54, 1.807) is 24.3 Å². The lowest BCUT2D eigenvalue weighted by atomic mass is 9.96. The second-order valence-corrected chi connectivity index (χ2v) is 5.94. The van der Waals surface area contributed by atoms with Crippen LogP contribution in [0.25, 0.3) is 0 Å². The van der Waals surface area contributed by atoms with E-state index in [2.05, 4.69) is 17.2 Å². The smallest absolute Gasteiger partial charge is 0.251 e. The Morgan fingerprint density at radius 3 is 2.55 bits per heavy atom. The molecule has 1 heterocycles. The molecule has 1 aliphatic heterocycles. The summed E-state index contributed by atoms with van der Waals surface area (Å²) in [5.41, 5.74) is 1.18. The van der Waals surface area contributed by atoms with Crippen molar-refractivity contribution in [2.75, 3.05) is 18.5 Å². The molecule has 3 rings (SSSR count). The Balaban J connectivity index is 1.62. The maximum atomic E-state index is 12.4. The number of nitrogens with one attached hydrogen (secondary N) is 2. The van der Waals surface area contributed by atoms with Gasteiger partial charge < -0.3 is 15.4 Å². The normalized spacial score (nSPS) is 21.9. The molecule has 22 heavy (non-hydrogen) atoms. The first-order chi connectivity index (χ1) is 10.6. The van der Waals surface area contributed by atoms with Gasteiger partial charge in [0, 0.05) is 29.3 Å². The van der Waals surface area contributed by atoms with Crippen LogP contribution in [-0.2, 0) is 9.53 Å². The first-order valence-corrected chi connectivity index (χ1v) is 7.57. The van der Waals surface area contributed by atoms with E-state index in [0.29, 0.717) is 17.2 Å². The van der Waals surface area contributed by atoms with Crippen LogP contribution in [0.3, 0.4) is 0 Å². The largest absolute Gasteiger partial charge is 0.381 e. The zero-order chi connectivity index (χ0) is 15.6. The number of carbonyl (C=O) groups is 2. The predicted octanol–water partition coefficient (Wildman–Crippen LogP) is 2.11. The molecular weight excluding hydrogens is 280 g/mol. The van der Waals surface area contributed by atoms with E-state index >= 15 is 0 Å². The van der Waals surface area contributed by atoms with Crippen LogP contribution in [0.1, 0.15) is 29.6 Å². The maximum absolute atomic E-state index is 12.4. The molecule has 2 fully saturated rings. The van der Waals surface area contributed by atoms with Crippen LogP contribution >= 0.6 is 0 Å². The monoisotopic (exact) mass is 300 g/mol. The number of carbonyl (C=O) groups excluding carboxylic acids is 2. The minimum atomic E-state index is -0.268. The van der Waals surface area contributed by atoms with Crippen LogP contribution in [0.4, 0.5) is 5.69 Å². The standard InChI is InChI=1S/C17H20N2O3/c1-2-15(20)18-14-5-3-12(4-6-14)16(21)19-17(8-9-17)13-7-10-22-11-13/h2-6,13H,1,7-11H2,(H,18,20)(H,19,21). The molecule has 5 heteroatoms. The molecule has 0 aromatic heterocycles. The number of amides is 2. The molecule has 116 valence electrons. The van der Waals surface area contributed by atoms with Crippen LogP contribution in [0, 0.1) is 5.92 Å². The van der Waals surface area contributed by atoms with Crippen LogP contribution in [0.2, 0.25) is 0 Å². The number of rotatable bonds is 5. The topological polar surface area (TPSA) is 67.4 Å². The van der Waals surface area contributed by atoms with Crippen LogP contribution in [-0.4, -0.2) is 30.6 Å². The van der Waals surface area contributed by atoms with Gasteiger partial charge in [-0.25, -0.2) is 0 Å². The van der Waals surface area contributed by atoms with E-state index in [1.807, 2.05) is 0 Å². The van der Waals surface area contributed by atoms with Gasteiger partial charge in [0.2, 0.25) is 5.91 Å². The minimum absolute atomic E-state index is 0.0639. The predicted molar refractivity (Wildman–Crippen MR) is 83.6 cm³/mol. The molecule has 1 aromatic rings. The fourth-order valence-electron chi connectivity index (χ4n) is 2.94. The van der Waals surface area contributed by atoms with Crippen molar-refractivity contribution in [1.29, 1.82) is 0 Å². The molecule has 0 spiro atoms. The minimum Gasteiger partial charge on any atom is -0.381 e. The number of ether oxygens (including phenoxy) is 1. The van der Waals surface area contributed by atoms with Gasteiger partial charge in [0.1, 0.15) is 0 Å². The van der Waals surface area contributed by atoms with Gasteiger partial charge in [-0.3, -0.25) is 9.59 Å². The Morgan fingerprint density at radius 2 is 2.00 bits per heavy atom. The summed E-state index contributed by atoms with van der Waals surface area (Å²) >= 11 is 0. The van der Waals surface area contributed by atoms with Gasteiger partial charge in [0.25, 0.3) is 5.91 Å². The summed E-state index contributed by atoms with van der Waals surface area (Å²) < 4.78 is 5.43. The van der Waals surface area contributed by atoms with Gasteiger partial charge in [0.05, 0.1) is 6.61 Å². The molecule has 2 N–H and O–H groups in total. The molecule has 2 aliphatic rings. The lowest BCUT2D eigenvalue weighted by Gasteiger charge is -2.23. The van der Waals surface area contributed by atoms with E-state index in [9.17, 15) is 9.59 Å².